The first-order valence-corrected chi connectivity index (χ1v) is 6.28. The van der Waals surface area contributed by atoms with E-state index in [1.165, 1.54) is 11.3 Å². The molecule has 5 nitrogen and oxygen atoms in total. The van der Waals surface area contributed by atoms with Gasteiger partial charge in [-0.25, -0.2) is 0 Å². The highest BCUT2D eigenvalue weighted by Gasteiger charge is 2.15. The van der Waals surface area contributed by atoms with E-state index in [9.17, 15) is 4.79 Å². The largest absolute Gasteiger partial charge is 0.348 e. The molecule has 1 amide bonds. The number of carbonyl (C=O) groups is 1. The molecule has 0 aromatic carbocycles. The lowest BCUT2D eigenvalue weighted by Gasteiger charge is -2.09. The van der Waals surface area contributed by atoms with E-state index in [4.69, 9.17) is 5.73 Å². The van der Waals surface area contributed by atoms with Gasteiger partial charge in [0.2, 0.25) is 0 Å². The zero-order chi connectivity index (χ0) is 12.6. The highest BCUT2D eigenvalue weighted by atomic mass is 35.5. The van der Waals surface area contributed by atoms with Crippen LogP contribution >= 0.6 is 23.7 Å². The second-order valence-corrected chi connectivity index (χ2v) is 5.18. The third kappa shape index (κ3) is 2.66. The van der Waals surface area contributed by atoms with Gasteiger partial charge in [0.05, 0.1) is 10.6 Å². The third-order valence-corrected chi connectivity index (χ3v) is 3.85. The molecule has 2 heterocycles. The van der Waals surface area contributed by atoms with Crippen molar-refractivity contribution in [2.75, 3.05) is 6.54 Å². The maximum atomic E-state index is 11.9. The number of halogens is 1. The number of nitrogens with two attached hydrogens (primary N) is 1. The first-order chi connectivity index (χ1) is 8.02. The molecule has 2 rings (SSSR count). The number of aryl methyl sites for hydroxylation is 2. The molecule has 100 valence electrons. The minimum absolute atomic E-state index is 0. The summed E-state index contributed by atoms with van der Waals surface area (Å²) in [5, 5.41) is 8.20. The van der Waals surface area contributed by atoms with Crippen molar-refractivity contribution in [2.45, 2.75) is 19.9 Å². The van der Waals surface area contributed by atoms with Gasteiger partial charge in [-0.2, -0.15) is 5.10 Å². The Morgan fingerprint density at radius 2 is 2.33 bits per heavy atom. The van der Waals surface area contributed by atoms with Crippen molar-refractivity contribution < 1.29 is 4.79 Å². The summed E-state index contributed by atoms with van der Waals surface area (Å²) in [7, 11) is 1.88. The summed E-state index contributed by atoms with van der Waals surface area (Å²) in [6, 6.07) is 1.88. The van der Waals surface area contributed by atoms with Crippen molar-refractivity contribution in [3.63, 3.8) is 0 Å². The zero-order valence-corrected chi connectivity index (χ0v) is 12.2. The van der Waals surface area contributed by atoms with Crippen LogP contribution in [0.3, 0.4) is 0 Å². The summed E-state index contributed by atoms with van der Waals surface area (Å²) in [5.41, 5.74) is 6.43. The first kappa shape index (κ1) is 14.9. The summed E-state index contributed by atoms with van der Waals surface area (Å²) < 4.78 is 1.80. The Morgan fingerprint density at radius 1 is 1.67 bits per heavy atom. The Bertz CT molecular complexity index is 528. The van der Waals surface area contributed by atoms with Crippen LogP contribution in [0.15, 0.2) is 6.07 Å². The fourth-order valence-corrected chi connectivity index (χ4v) is 2.70. The van der Waals surface area contributed by atoms with Gasteiger partial charge in [-0.05, 0) is 19.9 Å². The summed E-state index contributed by atoms with van der Waals surface area (Å²) in [6.07, 6.45) is 0. The molecule has 0 fully saturated rings. The fourth-order valence-electron chi connectivity index (χ4n) is 1.67. The molecule has 0 aliphatic rings. The molecule has 0 aliphatic carbocycles. The molecule has 7 heteroatoms. The van der Waals surface area contributed by atoms with E-state index >= 15 is 0 Å². The lowest BCUT2D eigenvalue weighted by atomic mass is 10.3. The van der Waals surface area contributed by atoms with Crippen LogP contribution in [-0.2, 0) is 7.05 Å². The van der Waals surface area contributed by atoms with Crippen molar-refractivity contribution in [1.29, 1.82) is 0 Å². The normalized spacial score (nSPS) is 12.2. The summed E-state index contributed by atoms with van der Waals surface area (Å²) >= 11 is 1.45. The number of thiophene rings is 1. The van der Waals surface area contributed by atoms with Crippen LogP contribution in [0.1, 0.15) is 22.3 Å². The quantitative estimate of drug-likeness (QED) is 0.898. The molecule has 0 bridgehead atoms. The second-order valence-electron chi connectivity index (χ2n) is 4.15. The molecule has 0 spiro atoms. The van der Waals surface area contributed by atoms with E-state index in [1.54, 1.807) is 4.68 Å². The third-order valence-electron chi connectivity index (χ3n) is 2.65. The molecule has 1 atom stereocenters. The van der Waals surface area contributed by atoms with E-state index < -0.39 is 0 Å². The van der Waals surface area contributed by atoms with Gasteiger partial charge in [0.25, 0.3) is 5.91 Å². The smallest absolute Gasteiger partial charge is 0.261 e. The molecule has 0 aliphatic heterocycles. The number of nitrogens with one attached hydrogen (secondary N) is 1. The number of rotatable bonds is 3. The van der Waals surface area contributed by atoms with Gasteiger partial charge in [-0.3, -0.25) is 9.48 Å². The average Bonchev–Trinajstić information content (AvgIpc) is 2.82. The van der Waals surface area contributed by atoms with Crippen molar-refractivity contribution in [2.24, 2.45) is 12.8 Å². The summed E-state index contributed by atoms with van der Waals surface area (Å²) in [4.78, 5) is 13.6. The molecule has 2 aromatic heterocycles. The Balaban J connectivity index is 0.00000162. The second kappa shape index (κ2) is 5.69. The van der Waals surface area contributed by atoms with Crippen molar-refractivity contribution in [1.82, 2.24) is 15.1 Å². The average molecular weight is 289 g/mol. The van der Waals surface area contributed by atoms with Crippen LogP contribution in [0.4, 0.5) is 0 Å². The van der Waals surface area contributed by atoms with E-state index in [0.717, 1.165) is 15.9 Å². The van der Waals surface area contributed by atoms with Crippen LogP contribution in [-0.4, -0.2) is 28.3 Å². The monoisotopic (exact) mass is 288 g/mol. The number of amides is 1. The van der Waals surface area contributed by atoms with Gasteiger partial charge in [0.1, 0.15) is 4.83 Å². The Morgan fingerprint density at radius 3 is 2.89 bits per heavy atom. The van der Waals surface area contributed by atoms with E-state index in [2.05, 4.69) is 10.4 Å². The number of hydrogen-bond donors (Lipinski definition) is 2. The number of carbonyl (C=O) groups excluding carboxylic acids is 1. The zero-order valence-electron chi connectivity index (χ0n) is 10.6. The molecular weight excluding hydrogens is 272 g/mol. The lowest BCUT2D eigenvalue weighted by molar-refractivity contribution is 0.0945. The lowest BCUT2D eigenvalue weighted by Crippen LogP contribution is -2.37. The number of aromatic nitrogens is 2. The predicted molar refractivity (Wildman–Crippen MR) is 76.6 cm³/mol. The van der Waals surface area contributed by atoms with Crippen LogP contribution in [0.2, 0.25) is 0 Å². The van der Waals surface area contributed by atoms with Gasteiger partial charge in [0, 0.05) is 25.0 Å². The highest BCUT2D eigenvalue weighted by Crippen LogP contribution is 2.27. The molecule has 18 heavy (non-hydrogen) atoms. The van der Waals surface area contributed by atoms with Crippen molar-refractivity contribution >= 4 is 39.9 Å². The Labute approximate surface area is 116 Å². The van der Waals surface area contributed by atoms with E-state index in [-0.39, 0.29) is 24.4 Å². The van der Waals surface area contributed by atoms with E-state index in [0.29, 0.717) is 11.4 Å². The van der Waals surface area contributed by atoms with Crippen LogP contribution in [0, 0.1) is 6.92 Å². The van der Waals surface area contributed by atoms with Crippen molar-refractivity contribution in [3.8, 4) is 0 Å². The Hall–Kier alpha value is -1.11. The van der Waals surface area contributed by atoms with Crippen LogP contribution in [0.5, 0.6) is 0 Å². The topological polar surface area (TPSA) is 72.9 Å². The Kier molecular flexibility index (Phi) is 4.72. The van der Waals surface area contributed by atoms with E-state index in [1.807, 2.05) is 27.0 Å². The summed E-state index contributed by atoms with van der Waals surface area (Å²) in [5.74, 6) is -0.0662. The maximum Gasteiger partial charge on any atom is 0.261 e. The minimum atomic E-state index is -0.0662. The van der Waals surface area contributed by atoms with Gasteiger partial charge in [-0.1, -0.05) is 0 Å². The standard InChI is InChI=1S/C11H16N4OS.ClH/c1-6(5-12)13-10(16)9-4-8-7(2)14-15(3)11(8)17-9;/h4,6H,5,12H2,1-3H3,(H,13,16);1H/t6-;/m0./s1. The highest BCUT2D eigenvalue weighted by molar-refractivity contribution is 7.20. The molecule has 3 N–H and O–H groups in total. The van der Waals surface area contributed by atoms with Gasteiger partial charge < -0.3 is 11.1 Å². The maximum absolute atomic E-state index is 11.9. The van der Waals surface area contributed by atoms with Gasteiger partial charge in [-0.15, -0.1) is 23.7 Å². The first-order valence-electron chi connectivity index (χ1n) is 5.47. The minimum Gasteiger partial charge on any atom is -0.348 e. The molecule has 0 saturated heterocycles. The molecule has 0 radical (unpaired) electrons. The molecular formula is C11H17ClN4OS. The van der Waals surface area contributed by atoms with Gasteiger partial charge in [0.15, 0.2) is 0 Å². The number of nitrogens with zero attached hydrogens (tertiary/aromatic N) is 2. The van der Waals surface area contributed by atoms with Crippen LogP contribution in [0.25, 0.3) is 10.2 Å². The van der Waals surface area contributed by atoms with Gasteiger partial charge >= 0.3 is 0 Å². The fraction of sp³-hybridized carbons (Fsp3) is 0.455. The molecule has 2 aromatic rings. The predicted octanol–water partition coefficient (Wildman–Crippen LogP) is 1.44. The SMILES string of the molecule is Cc1nn(C)c2sc(C(=O)N[C@@H](C)CN)cc12.Cl. The molecule has 0 unspecified atom stereocenters. The number of hydrogen-bond acceptors (Lipinski definition) is 4. The summed E-state index contributed by atoms with van der Waals surface area (Å²) in [6.45, 7) is 4.27. The number of fused-ring (bicyclic) bond motifs is 1. The van der Waals surface area contributed by atoms with Crippen LogP contribution < -0.4 is 11.1 Å². The van der Waals surface area contributed by atoms with Crippen molar-refractivity contribution in [3.05, 3.63) is 16.6 Å². The molecule has 0 saturated carbocycles.